The fraction of sp³-hybridized carbons (Fsp3) is 0.857. The maximum Gasteiger partial charge on any atom is 0.241 e. The van der Waals surface area contributed by atoms with Crippen molar-refractivity contribution in [2.45, 2.75) is 24.6 Å². The molecular weight excluding hydrogens is 206 g/mol. The second-order valence-corrected chi connectivity index (χ2v) is 5.68. The molecule has 4 atom stereocenters. The van der Waals surface area contributed by atoms with Gasteiger partial charge in [0.15, 0.2) is 5.37 Å². The van der Waals surface area contributed by atoms with E-state index in [2.05, 4.69) is 4.99 Å². The van der Waals surface area contributed by atoms with Gasteiger partial charge < -0.3 is 10.0 Å². The van der Waals surface area contributed by atoms with Crippen LogP contribution in [-0.4, -0.2) is 60.3 Å². The lowest BCUT2D eigenvalue weighted by atomic mass is 10.5. The summed E-state index contributed by atoms with van der Waals surface area (Å²) >= 11 is 0. The third-order valence-corrected chi connectivity index (χ3v) is 4.61. The molecule has 0 aromatic carbocycles. The minimum Gasteiger partial charge on any atom is -0.376 e. The molecule has 2 heterocycles. The Kier molecular flexibility index (Phi) is 2.06. The van der Waals surface area contributed by atoms with Crippen LogP contribution < -0.4 is 0 Å². The van der Waals surface area contributed by atoms with Gasteiger partial charge in [-0.3, -0.25) is 4.99 Å². The van der Waals surface area contributed by atoms with E-state index < -0.39 is 21.6 Å². The summed E-state index contributed by atoms with van der Waals surface area (Å²) in [7, 11) is -1.69. The third-order valence-electron chi connectivity index (χ3n) is 2.52. The first-order valence-corrected chi connectivity index (χ1v) is 5.89. The highest BCUT2D eigenvalue weighted by Gasteiger charge is 2.54. The smallest absolute Gasteiger partial charge is 0.241 e. The van der Waals surface area contributed by atoms with Crippen LogP contribution in [0.1, 0.15) is 6.92 Å². The molecule has 80 valence electrons. The molecule has 2 rings (SSSR count). The van der Waals surface area contributed by atoms with Gasteiger partial charge in [-0.2, -0.15) is 4.31 Å². The topological polar surface area (TPSA) is 73.0 Å². The Labute approximate surface area is 82.9 Å². The van der Waals surface area contributed by atoms with Gasteiger partial charge in [-0.25, -0.2) is 8.42 Å². The summed E-state index contributed by atoms with van der Waals surface area (Å²) < 4.78 is 24.7. The van der Waals surface area contributed by atoms with Gasteiger partial charge in [0.2, 0.25) is 10.0 Å². The molecule has 1 fully saturated rings. The molecule has 0 amide bonds. The molecule has 2 aliphatic heterocycles. The number of likely N-dealkylation sites (N-methyl/N-ethyl adjacent to an activating group) is 1. The van der Waals surface area contributed by atoms with Crippen LogP contribution in [0.2, 0.25) is 0 Å². The van der Waals surface area contributed by atoms with Crippen molar-refractivity contribution in [1.29, 1.82) is 0 Å². The maximum atomic E-state index is 11.8. The molecule has 0 aliphatic carbocycles. The van der Waals surface area contributed by atoms with E-state index in [9.17, 15) is 13.5 Å². The largest absolute Gasteiger partial charge is 0.376 e. The predicted octanol–water partition coefficient (Wildman–Crippen LogP) is -1.36. The molecule has 1 saturated heterocycles. The average molecular weight is 219 g/mol. The van der Waals surface area contributed by atoms with Crippen molar-refractivity contribution in [3.05, 3.63) is 0 Å². The normalized spacial score (nSPS) is 41.8. The molecule has 0 radical (unpaired) electrons. The highest BCUT2D eigenvalue weighted by atomic mass is 32.2. The van der Waals surface area contributed by atoms with E-state index in [0.717, 1.165) is 4.31 Å². The Hall–Kier alpha value is -0.660. The van der Waals surface area contributed by atoms with Crippen LogP contribution in [-0.2, 0) is 10.0 Å². The van der Waals surface area contributed by atoms with E-state index in [1.807, 2.05) is 0 Å². The highest BCUT2D eigenvalue weighted by Crippen LogP contribution is 2.32. The third kappa shape index (κ3) is 1.32. The summed E-state index contributed by atoms with van der Waals surface area (Å²) in [5.74, 6) is 0. The highest BCUT2D eigenvalue weighted by molar-refractivity contribution is 7.90. The van der Waals surface area contributed by atoms with Gasteiger partial charge in [-0.1, -0.05) is 0 Å². The molecule has 2 aliphatic rings. The predicted molar refractivity (Wildman–Crippen MR) is 51.1 cm³/mol. The van der Waals surface area contributed by atoms with E-state index in [1.165, 1.54) is 6.34 Å². The lowest BCUT2D eigenvalue weighted by Gasteiger charge is -2.11. The molecule has 7 heteroatoms. The van der Waals surface area contributed by atoms with Crippen molar-refractivity contribution >= 4 is 16.4 Å². The van der Waals surface area contributed by atoms with Crippen LogP contribution in [0.5, 0.6) is 0 Å². The van der Waals surface area contributed by atoms with Crippen LogP contribution in [0.3, 0.4) is 0 Å². The Bertz CT molecular complexity index is 358. The number of nitrogens with zero attached hydrogens (tertiary/aromatic N) is 3. The SMILES string of the molecule is C[C@@H]1[C@@H](O)N1S(=O)(=O)C1CN(C)C=N1. The average Bonchev–Trinajstić information content (AvgIpc) is 2.54. The van der Waals surface area contributed by atoms with Gasteiger partial charge in [0.25, 0.3) is 0 Å². The van der Waals surface area contributed by atoms with Crippen molar-refractivity contribution < 1.29 is 13.5 Å². The number of aliphatic hydroxyl groups is 1. The van der Waals surface area contributed by atoms with E-state index in [0.29, 0.717) is 6.54 Å². The lowest BCUT2D eigenvalue weighted by Crippen LogP contribution is -2.32. The standard InChI is InChI=1S/C7H13N3O3S/c1-5-7(11)10(5)14(12,13)6-3-9(2)4-8-6/h4-7,11H,3H2,1-2H3/t5-,6?,7-,10?/m1/s1. The maximum absolute atomic E-state index is 11.8. The number of aliphatic imine (C=N–C) groups is 1. The zero-order chi connectivity index (χ0) is 10.5. The quantitative estimate of drug-likeness (QED) is 0.582. The molecular formula is C7H13N3O3S. The van der Waals surface area contributed by atoms with Crippen LogP contribution in [0.15, 0.2) is 4.99 Å². The van der Waals surface area contributed by atoms with Crippen molar-refractivity contribution in [1.82, 2.24) is 9.21 Å². The van der Waals surface area contributed by atoms with Crippen LogP contribution >= 0.6 is 0 Å². The van der Waals surface area contributed by atoms with Gasteiger partial charge in [0.05, 0.1) is 18.9 Å². The van der Waals surface area contributed by atoms with Crippen LogP contribution in [0, 0.1) is 0 Å². The van der Waals surface area contributed by atoms with E-state index in [1.54, 1.807) is 18.9 Å². The molecule has 0 aromatic rings. The minimum atomic E-state index is -3.45. The van der Waals surface area contributed by atoms with Gasteiger partial charge in [0, 0.05) is 7.05 Å². The minimum absolute atomic E-state index is 0.305. The fourth-order valence-corrected chi connectivity index (χ4v) is 3.44. The van der Waals surface area contributed by atoms with Gasteiger partial charge in [-0.05, 0) is 6.92 Å². The number of sulfonamides is 1. The Balaban J connectivity index is 2.15. The second kappa shape index (κ2) is 2.91. The zero-order valence-corrected chi connectivity index (χ0v) is 8.85. The summed E-state index contributed by atoms with van der Waals surface area (Å²) in [6.07, 6.45) is 0.643. The molecule has 6 nitrogen and oxygen atoms in total. The number of rotatable bonds is 2. The van der Waals surface area contributed by atoms with Crippen LogP contribution in [0.25, 0.3) is 0 Å². The number of aliphatic hydroxyl groups excluding tert-OH is 1. The van der Waals surface area contributed by atoms with Gasteiger partial charge in [-0.15, -0.1) is 0 Å². The van der Waals surface area contributed by atoms with E-state index in [4.69, 9.17) is 0 Å². The molecule has 0 spiro atoms. The summed E-state index contributed by atoms with van der Waals surface area (Å²) in [6, 6.07) is -0.305. The molecule has 0 saturated carbocycles. The molecule has 14 heavy (non-hydrogen) atoms. The first-order valence-electron chi connectivity index (χ1n) is 4.38. The van der Waals surface area contributed by atoms with Gasteiger partial charge in [0.1, 0.15) is 6.23 Å². The van der Waals surface area contributed by atoms with Crippen molar-refractivity contribution in [3.63, 3.8) is 0 Å². The van der Waals surface area contributed by atoms with E-state index in [-0.39, 0.29) is 6.04 Å². The summed E-state index contributed by atoms with van der Waals surface area (Å²) in [4.78, 5) is 5.59. The molecule has 0 aromatic heterocycles. The van der Waals surface area contributed by atoms with Crippen molar-refractivity contribution in [3.8, 4) is 0 Å². The Morgan fingerprint density at radius 3 is 2.50 bits per heavy atom. The fourth-order valence-electron chi connectivity index (χ4n) is 1.53. The zero-order valence-electron chi connectivity index (χ0n) is 8.03. The second-order valence-electron chi connectivity index (χ2n) is 3.69. The van der Waals surface area contributed by atoms with Crippen molar-refractivity contribution in [2.75, 3.05) is 13.6 Å². The van der Waals surface area contributed by atoms with Gasteiger partial charge >= 0.3 is 0 Å². The molecule has 2 unspecified atom stereocenters. The lowest BCUT2D eigenvalue weighted by molar-refractivity contribution is 0.240. The summed E-state index contributed by atoms with van der Waals surface area (Å²) in [5, 5.41) is 8.48. The Morgan fingerprint density at radius 1 is 1.57 bits per heavy atom. The van der Waals surface area contributed by atoms with E-state index >= 15 is 0 Å². The van der Waals surface area contributed by atoms with Crippen LogP contribution in [0.4, 0.5) is 0 Å². The number of hydrogen-bond donors (Lipinski definition) is 1. The number of hydrogen-bond acceptors (Lipinski definition) is 5. The Morgan fingerprint density at radius 2 is 2.14 bits per heavy atom. The first-order chi connectivity index (χ1) is 6.44. The molecule has 1 N–H and O–H groups in total. The van der Waals surface area contributed by atoms with Crippen molar-refractivity contribution in [2.24, 2.45) is 4.99 Å². The monoisotopic (exact) mass is 219 g/mol. The summed E-state index contributed by atoms with van der Waals surface area (Å²) in [5.41, 5.74) is 0. The summed E-state index contributed by atoms with van der Waals surface area (Å²) in [6.45, 7) is 2.03. The first kappa shape index (κ1) is 9.88. The molecule has 0 bridgehead atoms.